The predicted molar refractivity (Wildman–Crippen MR) is 87.5 cm³/mol. The van der Waals surface area contributed by atoms with Crippen molar-refractivity contribution < 1.29 is 18.4 Å². The minimum Gasteiger partial charge on any atom is -0.353 e. The van der Waals surface area contributed by atoms with Crippen LogP contribution in [-0.2, 0) is 4.79 Å². The van der Waals surface area contributed by atoms with Gasteiger partial charge in [0.15, 0.2) is 0 Å². The Balaban J connectivity index is 2.01. The summed E-state index contributed by atoms with van der Waals surface area (Å²) in [5.41, 5.74) is -0.0205. The molecule has 0 spiro atoms. The van der Waals surface area contributed by atoms with Gasteiger partial charge in [0.25, 0.3) is 5.91 Å². The Morgan fingerprint density at radius 2 is 1.96 bits per heavy atom. The number of piperidine rings is 1. The molecule has 1 aliphatic rings. The number of nitrogens with one attached hydrogen (secondary N) is 1. The molecule has 0 saturated carbocycles. The maximum absolute atomic E-state index is 13.3. The van der Waals surface area contributed by atoms with E-state index in [-0.39, 0.29) is 30.0 Å². The van der Waals surface area contributed by atoms with Gasteiger partial charge in [0.05, 0.1) is 5.92 Å². The van der Waals surface area contributed by atoms with Gasteiger partial charge in [-0.15, -0.1) is 0 Å². The number of benzene rings is 1. The van der Waals surface area contributed by atoms with E-state index in [1.807, 2.05) is 6.92 Å². The van der Waals surface area contributed by atoms with Crippen molar-refractivity contribution in [3.8, 4) is 0 Å². The SMILES string of the molecule is CCC[C@@H](C)NC(=O)[C@H]1CCCN(C(=O)c2cc(F)cc(F)c2)C1. The summed E-state index contributed by atoms with van der Waals surface area (Å²) in [6.45, 7) is 4.79. The van der Waals surface area contributed by atoms with Gasteiger partial charge in [-0.05, 0) is 38.3 Å². The summed E-state index contributed by atoms with van der Waals surface area (Å²) in [6, 6.07) is 2.89. The minimum absolute atomic E-state index is 0.0205. The van der Waals surface area contributed by atoms with Crippen molar-refractivity contribution in [1.29, 1.82) is 0 Å². The van der Waals surface area contributed by atoms with E-state index >= 15 is 0 Å². The summed E-state index contributed by atoms with van der Waals surface area (Å²) in [6.07, 6.45) is 3.31. The molecule has 1 fully saturated rings. The lowest BCUT2D eigenvalue weighted by molar-refractivity contribution is -0.127. The van der Waals surface area contributed by atoms with Crippen LogP contribution < -0.4 is 5.32 Å². The van der Waals surface area contributed by atoms with E-state index in [0.29, 0.717) is 19.4 Å². The molecule has 2 amide bonds. The second-order valence-electron chi connectivity index (χ2n) is 6.45. The van der Waals surface area contributed by atoms with E-state index in [1.165, 1.54) is 4.90 Å². The lowest BCUT2D eigenvalue weighted by Crippen LogP contribution is -2.47. The second-order valence-corrected chi connectivity index (χ2v) is 6.45. The van der Waals surface area contributed by atoms with Gasteiger partial charge in [0.1, 0.15) is 11.6 Å². The quantitative estimate of drug-likeness (QED) is 0.897. The molecule has 2 rings (SSSR count). The Kier molecular flexibility index (Phi) is 6.29. The lowest BCUT2D eigenvalue weighted by Gasteiger charge is -2.32. The molecule has 1 aliphatic heterocycles. The third-order valence-corrected chi connectivity index (χ3v) is 4.30. The standard InChI is InChI=1S/C18H24F2N2O2/c1-3-5-12(2)21-17(23)13-6-4-7-22(11-13)18(24)14-8-15(19)10-16(20)9-14/h8-10,12-13H,3-7,11H2,1-2H3,(H,21,23)/t12-,13+/m1/s1. The molecule has 1 N–H and O–H groups in total. The van der Waals surface area contributed by atoms with Crippen LogP contribution in [0.15, 0.2) is 18.2 Å². The van der Waals surface area contributed by atoms with Crippen molar-refractivity contribution in [3.63, 3.8) is 0 Å². The number of nitrogens with zero attached hydrogens (tertiary/aromatic N) is 1. The van der Waals surface area contributed by atoms with Gasteiger partial charge in [-0.1, -0.05) is 13.3 Å². The minimum atomic E-state index is -0.780. The number of rotatable bonds is 5. The first-order chi connectivity index (χ1) is 11.4. The highest BCUT2D eigenvalue weighted by Gasteiger charge is 2.29. The van der Waals surface area contributed by atoms with Crippen molar-refractivity contribution in [2.24, 2.45) is 5.92 Å². The average Bonchev–Trinajstić information content (AvgIpc) is 2.53. The fourth-order valence-electron chi connectivity index (χ4n) is 3.10. The van der Waals surface area contributed by atoms with Crippen molar-refractivity contribution in [3.05, 3.63) is 35.4 Å². The zero-order valence-corrected chi connectivity index (χ0v) is 14.1. The van der Waals surface area contributed by atoms with Crippen molar-refractivity contribution in [1.82, 2.24) is 10.2 Å². The monoisotopic (exact) mass is 338 g/mol. The van der Waals surface area contributed by atoms with Crippen molar-refractivity contribution >= 4 is 11.8 Å². The smallest absolute Gasteiger partial charge is 0.254 e. The molecule has 0 aromatic heterocycles. The summed E-state index contributed by atoms with van der Waals surface area (Å²) in [4.78, 5) is 26.3. The predicted octanol–water partition coefficient (Wildman–Crippen LogP) is 3.12. The van der Waals surface area contributed by atoms with Gasteiger partial charge < -0.3 is 10.2 Å². The summed E-state index contributed by atoms with van der Waals surface area (Å²) < 4.78 is 26.6. The Bertz CT molecular complexity index is 586. The van der Waals surface area contributed by atoms with Gasteiger partial charge in [0, 0.05) is 30.8 Å². The number of carbonyl (C=O) groups excluding carboxylic acids is 2. The van der Waals surface area contributed by atoms with E-state index < -0.39 is 17.5 Å². The van der Waals surface area contributed by atoms with Crippen LogP contribution in [0.5, 0.6) is 0 Å². The summed E-state index contributed by atoms with van der Waals surface area (Å²) >= 11 is 0. The topological polar surface area (TPSA) is 49.4 Å². The normalized spacial score (nSPS) is 19.0. The van der Waals surface area contributed by atoms with E-state index in [1.54, 1.807) is 0 Å². The van der Waals surface area contributed by atoms with Crippen LogP contribution in [-0.4, -0.2) is 35.8 Å². The molecule has 132 valence electrons. The zero-order chi connectivity index (χ0) is 17.7. The first-order valence-electron chi connectivity index (χ1n) is 8.46. The molecule has 24 heavy (non-hydrogen) atoms. The molecule has 0 radical (unpaired) electrons. The van der Waals surface area contributed by atoms with Crippen molar-refractivity contribution in [2.75, 3.05) is 13.1 Å². The lowest BCUT2D eigenvalue weighted by atomic mass is 9.96. The van der Waals surface area contributed by atoms with Gasteiger partial charge in [-0.3, -0.25) is 9.59 Å². The maximum atomic E-state index is 13.3. The zero-order valence-electron chi connectivity index (χ0n) is 14.1. The van der Waals surface area contributed by atoms with Crippen LogP contribution >= 0.6 is 0 Å². The molecular weight excluding hydrogens is 314 g/mol. The number of hydrogen-bond acceptors (Lipinski definition) is 2. The Hall–Kier alpha value is -1.98. The largest absolute Gasteiger partial charge is 0.353 e. The van der Waals surface area contributed by atoms with E-state index in [9.17, 15) is 18.4 Å². The van der Waals surface area contributed by atoms with Crippen LogP contribution in [0.25, 0.3) is 0 Å². The highest BCUT2D eigenvalue weighted by Crippen LogP contribution is 2.20. The molecule has 0 aliphatic carbocycles. The van der Waals surface area contributed by atoms with Crippen LogP contribution in [0.4, 0.5) is 8.78 Å². The fourth-order valence-corrected chi connectivity index (χ4v) is 3.10. The molecule has 4 nitrogen and oxygen atoms in total. The summed E-state index contributed by atoms with van der Waals surface area (Å²) in [7, 11) is 0. The van der Waals surface area contributed by atoms with Gasteiger partial charge in [-0.2, -0.15) is 0 Å². The van der Waals surface area contributed by atoms with E-state index in [0.717, 1.165) is 31.0 Å². The third kappa shape index (κ3) is 4.76. The van der Waals surface area contributed by atoms with E-state index in [4.69, 9.17) is 0 Å². The van der Waals surface area contributed by atoms with Crippen LogP contribution in [0.1, 0.15) is 49.9 Å². The third-order valence-electron chi connectivity index (χ3n) is 4.30. The van der Waals surface area contributed by atoms with Gasteiger partial charge in [0.2, 0.25) is 5.91 Å². The van der Waals surface area contributed by atoms with Gasteiger partial charge in [-0.25, -0.2) is 8.78 Å². The molecule has 0 unspecified atom stereocenters. The molecule has 1 saturated heterocycles. The van der Waals surface area contributed by atoms with Crippen LogP contribution in [0, 0.1) is 17.6 Å². The first kappa shape index (κ1) is 18.4. The molecule has 1 heterocycles. The number of amides is 2. The number of likely N-dealkylation sites (tertiary alicyclic amines) is 1. The van der Waals surface area contributed by atoms with Gasteiger partial charge >= 0.3 is 0 Å². The molecule has 0 bridgehead atoms. The average molecular weight is 338 g/mol. The molecule has 1 aromatic carbocycles. The molecule has 1 aromatic rings. The van der Waals surface area contributed by atoms with Crippen LogP contribution in [0.2, 0.25) is 0 Å². The fraction of sp³-hybridized carbons (Fsp3) is 0.556. The molecule has 2 atom stereocenters. The molecule has 6 heteroatoms. The Morgan fingerprint density at radius 1 is 1.29 bits per heavy atom. The number of hydrogen-bond donors (Lipinski definition) is 1. The second kappa shape index (κ2) is 8.22. The first-order valence-corrected chi connectivity index (χ1v) is 8.46. The van der Waals surface area contributed by atoms with E-state index in [2.05, 4.69) is 12.2 Å². The van der Waals surface area contributed by atoms with Crippen molar-refractivity contribution in [2.45, 2.75) is 45.6 Å². The number of carbonyl (C=O) groups is 2. The highest BCUT2D eigenvalue weighted by molar-refractivity contribution is 5.94. The summed E-state index contributed by atoms with van der Waals surface area (Å²) in [5.74, 6) is -2.33. The molecular formula is C18H24F2N2O2. The Labute approximate surface area is 141 Å². The van der Waals surface area contributed by atoms with Crippen LogP contribution in [0.3, 0.4) is 0 Å². The highest BCUT2D eigenvalue weighted by atomic mass is 19.1. The Morgan fingerprint density at radius 3 is 2.58 bits per heavy atom. The summed E-state index contributed by atoms with van der Waals surface area (Å²) in [5, 5.41) is 2.97. The number of halogens is 2. The maximum Gasteiger partial charge on any atom is 0.254 e.